The quantitative estimate of drug-likeness (QED) is 0.702. The third kappa shape index (κ3) is 4.22. The van der Waals surface area contributed by atoms with Crippen molar-refractivity contribution in [2.45, 2.75) is 6.42 Å². The average Bonchev–Trinajstić information content (AvgIpc) is 3.10. The summed E-state index contributed by atoms with van der Waals surface area (Å²) in [6, 6.07) is 12.1. The van der Waals surface area contributed by atoms with E-state index in [1.165, 1.54) is 0 Å². The molecule has 1 fully saturated rings. The predicted molar refractivity (Wildman–Crippen MR) is 109 cm³/mol. The molecule has 0 atom stereocenters. The largest absolute Gasteiger partial charge is 0.417 e. The number of anilines is 1. The fourth-order valence-corrected chi connectivity index (χ4v) is 3.41. The first-order chi connectivity index (χ1) is 14.0. The standard InChI is InChI=1S/C21H22N4O4/c1-24-9-11-25(12-10-24)18(26)13-14-5-7-15(8-6-14)22-20(27)16-3-2-4-17-19(16)23-21(28)29-17/h2-8H,9-13H2,1H3,(H,22,27)(H,23,28). The number of nitrogens with one attached hydrogen (secondary N) is 2. The van der Waals surface area contributed by atoms with Crippen LogP contribution in [0.5, 0.6) is 0 Å². The number of fused-ring (bicyclic) bond motifs is 1. The molecule has 0 saturated carbocycles. The van der Waals surface area contributed by atoms with Gasteiger partial charge in [0.2, 0.25) is 5.91 Å². The lowest BCUT2D eigenvalue weighted by Crippen LogP contribution is -2.47. The van der Waals surface area contributed by atoms with Gasteiger partial charge in [0.1, 0.15) is 0 Å². The highest BCUT2D eigenvalue weighted by Crippen LogP contribution is 2.18. The van der Waals surface area contributed by atoms with Crippen molar-refractivity contribution in [2.24, 2.45) is 0 Å². The molecule has 0 spiro atoms. The molecule has 4 rings (SSSR count). The van der Waals surface area contributed by atoms with Crippen molar-refractivity contribution < 1.29 is 14.0 Å². The lowest BCUT2D eigenvalue weighted by molar-refractivity contribution is -0.132. The van der Waals surface area contributed by atoms with E-state index >= 15 is 0 Å². The first-order valence-electron chi connectivity index (χ1n) is 9.48. The van der Waals surface area contributed by atoms with Gasteiger partial charge in [0.05, 0.1) is 17.5 Å². The number of oxazole rings is 1. The molecule has 1 saturated heterocycles. The fourth-order valence-electron chi connectivity index (χ4n) is 3.41. The van der Waals surface area contributed by atoms with Crippen LogP contribution in [0.3, 0.4) is 0 Å². The number of H-pyrrole nitrogens is 1. The Labute approximate surface area is 167 Å². The molecular weight excluding hydrogens is 372 g/mol. The average molecular weight is 394 g/mol. The van der Waals surface area contributed by atoms with E-state index in [1.807, 2.05) is 17.0 Å². The number of nitrogens with zero attached hydrogens (tertiary/aromatic N) is 2. The minimum atomic E-state index is -0.602. The van der Waals surface area contributed by atoms with E-state index in [-0.39, 0.29) is 11.8 Å². The van der Waals surface area contributed by atoms with E-state index in [2.05, 4.69) is 22.2 Å². The van der Waals surface area contributed by atoms with Crippen molar-refractivity contribution in [2.75, 3.05) is 38.5 Å². The fraction of sp³-hybridized carbons (Fsp3) is 0.286. The van der Waals surface area contributed by atoms with Gasteiger partial charge in [-0.05, 0) is 36.9 Å². The van der Waals surface area contributed by atoms with E-state index in [4.69, 9.17) is 4.42 Å². The maximum atomic E-state index is 12.6. The van der Waals surface area contributed by atoms with Gasteiger partial charge < -0.3 is 19.5 Å². The molecule has 1 aliphatic rings. The number of carbonyl (C=O) groups is 2. The number of hydrogen-bond donors (Lipinski definition) is 2. The van der Waals surface area contributed by atoms with Crippen molar-refractivity contribution >= 4 is 28.6 Å². The van der Waals surface area contributed by atoms with Crippen LogP contribution in [0.15, 0.2) is 51.7 Å². The number of aromatic amines is 1. The lowest BCUT2D eigenvalue weighted by atomic mass is 10.1. The molecule has 2 amide bonds. The van der Waals surface area contributed by atoms with Crippen LogP contribution in [0.2, 0.25) is 0 Å². The molecule has 0 radical (unpaired) electrons. The molecular formula is C21H22N4O4. The van der Waals surface area contributed by atoms with Gasteiger partial charge in [-0.2, -0.15) is 0 Å². The number of carbonyl (C=O) groups excluding carboxylic acids is 2. The van der Waals surface area contributed by atoms with E-state index < -0.39 is 5.76 Å². The molecule has 150 valence electrons. The summed E-state index contributed by atoms with van der Waals surface area (Å²) in [4.78, 5) is 43.1. The number of aromatic nitrogens is 1. The Hall–Kier alpha value is -3.39. The Kier molecular flexibility index (Phi) is 5.18. The van der Waals surface area contributed by atoms with Crippen LogP contribution in [0.4, 0.5) is 5.69 Å². The molecule has 2 heterocycles. The highest BCUT2D eigenvalue weighted by atomic mass is 16.4. The number of amides is 2. The molecule has 29 heavy (non-hydrogen) atoms. The summed E-state index contributed by atoms with van der Waals surface area (Å²) in [5.41, 5.74) is 2.52. The highest BCUT2D eigenvalue weighted by Gasteiger charge is 2.19. The molecule has 1 aromatic heterocycles. The topological polar surface area (TPSA) is 98.6 Å². The first kappa shape index (κ1) is 18.9. The summed E-state index contributed by atoms with van der Waals surface area (Å²) >= 11 is 0. The van der Waals surface area contributed by atoms with Crippen molar-refractivity contribution in [1.82, 2.24) is 14.8 Å². The maximum absolute atomic E-state index is 12.6. The normalized spacial score (nSPS) is 14.9. The van der Waals surface area contributed by atoms with Crippen LogP contribution in [-0.2, 0) is 11.2 Å². The summed E-state index contributed by atoms with van der Waals surface area (Å²) in [5.74, 6) is -0.839. The molecule has 8 heteroatoms. The second-order valence-corrected chi connectivity index (χ2v) is 7.21. The van der Waals surface area contributed by atoms with Gasteiger partial charge in [-0.25, -0.2) is 4.79 Å². The summed E-state index contributed by atoms with van der Waals surface area (Å²) in [7, 11) is 2.06. The maximum Gasteiger partial charge on any atom is 0.417 e. The Morgan fingerprint density at radius 1 is 1.07 bits per heavy atom. The number of hydrogen-bond acceptors (Lipinski definition) is 5. The summed E-state index contributed by atoms with van der Waals surface area (Å²) in [5, 5.41) is 2.80. The van der Waals surface area contributed by atoms with Crippen molar-refractivity contribution in [1.29, 1.82) is 0 Å². The second kappa shape index (κ2) is 7.92. The molecule has 2 aromatic carbocycles. The SMILES string of the molecule is CN1CCN(C(=O)Cc2ccc(NC(=O)c3cccc4oc(=O)[nH]c34)cc2)CC1. The second-order valence-electron chi connectivity index (χ2n) is 7.21. The van der Waals surface area contributed by atoms with E-state index in [9.17, 15) is 14.4 Å². The molecule has 2 N–H and O–H groups in total. The highest BCUT2D eigenvalue weighted by molar-refractivity contribution is 6.11. The zero-order valence-corrected chi connectivity index (χ0v) is 16.1. The third-order valence-electron chi connectivity index (χ3n) is 5.12. The van der Waals surface area contributed by atoms with Crippen LogP contribution in [0, 0.1) is 0 Å². The lowest BCUT2D eigenvalue weighted by Gasteiger charge is -2.32. The van der Waals surface area contributed by atoms with Gasteiger partial charge >= 0.3 is 5.76 Å². The molecule has 0 bridgehead atoms. The number of rotatable bonds is 4. The van der Waals surface area contributed by atoms with Gasteiger partial charge in [0.15, 0.2) is 5.58 Å². The van der Waals surface area contributed by atoms with Gasteiger partial charge in [0.25, 0.3) is 5.91 Å². The summed E-state index contributed by atoms with van der Waals surface area (Å²) in [6.07, 6.45) is 0.341. The molecule has 0 unspecified atom stereocenters. The molecule has 1 aliphatic heterocycles. The van der Waals surface area contributed by atoms with Crippen LogP contribution in [0.25, 0.3) is 11.1 Å². The molecule has 3 aromatic rings. The Bertz CT molecular complexity index is 1090. The zero-order chi connectivity index (χ0) is 20.4. The van der Waals surface area contributed by atoms with Gasteiger partial charge in [-0.3, -0.25) is 14.6 Å². The number of likely N-dealkylation sites (N-methyl/N-ethyl adjacent to an activating group) is 1. The first-order valence-corrected chi connectivity index (χ1v) is 9.48. The van der Waals surface area contributed by atoms with Gasteiger partial charge in [-0.1, -0.05) is 18.2 Å². The third-order valence-corrected chi connectivity index (χ3v) is 5.12. The zero-order valence-electron chi connectivity index (χ0n) is 16.1. The minimum Gasteiger partial charge on any atom is -0.408 e. The predicted octanol–water partition coefficient (Wildman–Crippen LogP) is 1.69. The van der Waals surface area contributed by atoms with Gasteiger partial charge in [0, 0.05) is 31.9 Å². The van der Waals surface area contributed by atoms with Crippen LogP contribution < -0.4 is 11.1 Å². The number of para-hydroxylation sites is 1. The van der Waals surface area contributed by atoms with Crippen molar-refractivity contribution in [3.05, 3.63) is 64.1 Å². The van der Waals surface area contributed by atoms with Gasteiger partial charge in [-0.15, -0.1) is 0 Å². The molecule has 0 aliphatic carbocycles. The van der Waals surface area contributed by atoms with Crippen molar-refractivity contribution in [3.8, 4) is 0 Å². The molecule has 8 nitrogen and oxygen atoms in total. The number of piperazine rings is 1. The summed E-state index contributed by atoms with van der Waals surface area (Å²) < 4.78 is 4.99. The summed E-state index contributed by atoms with van der Waals surface area (Å²) in [6.45, 7) is 3.30. The van der Waals surface area contributed by atoms with E-state index in [0.29, 0.717) is 28.8 Å². The van der Waals surface area contributed by atoms with Crippen LogP contribution in [-0.4, -0.2) is 59.8 Å². The van der Waals surface area contributed by atoms with Crippen LogP contribution >= 0.6 is 0 Å². The number of benzene rings is 2. The Morgan fingerprint density at radius 2 is 1.79 bits per heavy atom. The monoisotopic (exact) mass is 394 g/mol. The Morgan fingerprint density at radius 3 is 2.52 bits per heavy atom. The van der Waals surface area contributed by atoms with E-state index in [1.54, 1.807) is 30.3 Å². The smallest absolute Gasteiger partial charge is 0.408 e. The Balaban J connectivity index is 1.41. The van der Waals surface area contributed by atoms with Crippen LogP contribution in [0.1, 0.15) is 15.9 Å². The minimum absolute atomic E-state index is 0.116. The van der Waals surface area contributed by atoms with Crippen molar-refractivity contribution in [3.63, 3.8) is 0 Å². The van der Waals surface area contributed by atoms with E-state index in [0.717, 1.165) is 31.7 Å².